The highest BCUT2D eigenvalue weighted by atomic mass is 32.2. The quantitative estimate of drug-likeness (QED) is 0.354. The molecule has 0 aliphatic heterocycles. The lowest BCUT2D eigenvalue weighted by atomic mass is 10.1. The van der Waals surface area contributed by atoms with E-state index in [1.807, 2.05) is 36.4 Å². The molecule has 0 aliphatic rings. The third kappa shape index (κ3) is 5.06. The first-order valence-electron chi connectivity index (χ1n) is 11.0. The van der Waals surface area contributed by atoms with Crippen molar-refractivity contribution >= 4 is 38.1 Å². The summed E-state index contributed by atoms with van der Waals surface area (Å²) in [6.07, 6.45) is 0. The van der Waals surface area contributed by atoms with Gasteiger partial charge < -0.3 is 19.5 Å². The number of nitrogens with zero attached hydrogens (tertiary/aromatic N) is 1. The number of carbonyl (C=O) groups excluding carboxylic acids is 1. The minimum atomic E-state index is -4.16. The van der Waals surface area contributed by atoms with E-state index in [4.69, 9.17) is 14.2 Å². The van der Waals surface area contributed by atoms with E-state index in [1.54, 1.807) is 30.3 Å². The van der Waals surface area contributed by atoms with Crippen molar-refractivity contribution in [2.24, 2.45) is 0 Å². The molecular formula is C27H26N2O6S. The van der Waals surface area contributed by atoms with Crippen LogP contribution in [-0.4, -0.2) is 42.2 Å². The largest absolute Gasteiger partial charge is 0.497 e. The molecule has 0 aliphatic carbocycles. The van der Waals surface area contributed by atoms with Crippen LogP contribution in [0.3, 0.4) is 0 Å². The Morgan fingerprint density at radius 2 is 1.50 bits per heavy atom. The molecular weight excluding hydrogens is 480 g/mol. The van der Waals surface area contributed by atoms with Crippen molar-refractivity contribution in [2.75, 3.05) is 37.5 Å². The Kier molecular flexibility index (Phi) is 7.30. The fraction of sp³-hybridized carbons (Fsp3) is 0.148. The molecule has 1 N–H and O–H groups in total. The number of fused-ring (bicyclic) bond motifs is 1. The lowest BCUT2D eigenvalue weighted by Gasteiger charge is -2.25. The van der Waals surface area contributed by atoms with Crippen LogP contribution in [0.2, 0.25) is 0 Å². The van der Waals surface area contributed by atoms with E-state index in [0.717, 1.165) is 15.1 Å². The third-order valence-corrected chi connectivity index (χ3v) is 7.42. The van der Waals surface area contributed by atoms with Crippen molar-refractivity contribution < 1.29 is 27.4 Å². The molecule has 4 rings (SSSR count). The van der Waals surface area contributed by atoms with Gasteiger partial charge in [-0.2, -0.15) is 0 Å². The predicted octanol–water partition coefficient (Wildman–Crippen LogP) is 4.70. The molecule has 0 heterocycles. The summed E-state index contributed by atoms with van der Waals surface area (Å²) in [5, 5.41) is 4.67. The number of methoxy groups -OCH3 is 3. The van der Waals surface area contributed by atoms with Gasteiger partial charge in [0.2, 0.25) is 5.91 Å². The summed E-state index contributed by atoms with van der Waals surface area (Å²) in [4.78, 5) is 13.1. The van der Waals surface area contributed by atoms with E-state index in [2.05, 4.69) is 5.32 Å². The minimum Gasteiger partial charge on any atom is -0.497 e. The zero-order valence-electron chi connectivity index (χ0n) is 20.1. The average Bonchev–Trinajstić information content (AvgIpc) is 2.91. The Hall–Kier alpha value is -4.24. The summed E-state index contributed by atoms with van der Waals surface area (Å²) in [6, 6.07) is 23.9. The highest BCUT2D eigenvalue weighted by Gasteiger charge is 2.28. The Morgan fingerprint density at radius 1 is 0.806 bits per heavy atom. The number of anilines is 2. The lowest BCUT2D eigenvalue weighted by molar-refractivity contribution is -0.114. The van der Waals surface area contributed by atoms with E-state index in [-0.39, 0.29) is 10.6 Å². The van der Waals surface area contributed by atoms with Gasteiger partial charge in [-0.3, -0.25) is 9.10 Å². The summed E-state index contributed by atoms with van der Waals surface area (Å²) in [7, 11) is 0.243. The monoisotopic (exact) mass is 506 g/mol. The Balaban J connectivity index is 1.71. The second-order valence-corrected chi connectivity index (χ2v) is 9.66. The second-order valence-electron chi connectivity index (χ2n) is 7.80. The molecule has 1 amide bonds. The third-order valence-electron chi connectivity index (χ3n) is 5.65. The van der Waals surface area contributed by atoms with Crippen molar-refractivity contribution in [1.29, 1.82) is 0 Å². The fourth-order valence-electron chi connectivity index (χ4n) is 3.82. The van der Waals surface area contributed by atoms with Crippen LogP contribution in [0.1, 0.15) is 0 Å². The molecule has 9 heteroatoms. The first-order valence-corrected chi connectivity index (χ1v) is 12.5. The standard InChI is InChI=1S/C27H26N2O6S/c1-33-21-13-11-20(12-14-21)29(36(31,32)22-15-16-25(34-2)26(17-22)35-3)18-27(30)28-24-10-6-8-19-7-4-5-9-23(19)24/h4-17H,18H2,1-3H3,(H,28,30). The number of hydrogen-bond donors (Lipinski definition) is 1. The van der Waals surface area contributed by atoms with Crippen molar-refractivity contribution in [1.82, 2.24) is 0 Å². The van der Waals surface area contributed by atoms with Crippen molar-refractivity contribution in [3.05, 3.63) is 84.9 Å². The maximum Gasteiger partial charge on any atom is 0.264 e. The van der Waals surface area contributed by atoms with Gasteiger partial charge in [0.15, 0.2) is 11.5 Å². The van der Waals surface area contributed by atoms with Gasteiger partial charge in [-0.1, -0.05) is 36.4 Å². The van der Waals surface area contributed by atoms with E-state index < -0.39 is 22.5 Å². The van der Waals surface area contributed by atoms with Gasteiger partial charge in [-0.25, -0.2) is 8.42 Å². The molecule has 0 aromatic heterocycles. The summed E-state index contributed by atoms with van der Waals surface area (Å²) >= 11 is 0. The van der Waals surface area contributed by atoms with Gasteiger partial charge in [-0.05, 0) is 47.9 Å². The van der Waals surface area contributed by atoms with Crippen LogP contribution in [-0.2, 0) is 14.8 Å². The first-order chi connectivity index (χ1) is 17.4. The first kappa shape index (κ1) is 24.9. The van der Waals surface area contributed by atoms with Gasteiger partial charge in [0.1, 0.15) is 12.3 Å². The maximum atomic E-state index is 13.8. The molecule has 0 radical (unpaired) electrons. The van der Waals surface area contributed by atoms with Crippen LogP contribution in [0.5, 0.6) is 17.2 Å². The summed E-state index contributed by atoms with van der Waals surface area (Å²) < 4.78 is 44.3. The normalized spacial score (nSPS) is 11.1. The van der Waals surface area contributed by atoms with Crippen molar-refractivity contribution in [3.8, 4) is 17.2 Å². The molecule has 0 saturated heterocycles. The SMILES string of the molecule is COc1ccc(N(CC(=O)Nc2cccc3ccccc23)S(=O)(=O)c2ccc(OC)c(OC)c2)cc1. The van der Waals surface area contributed by atoms with Crippen LogP contribution in [0, 0.1) is 0 Å². The number of rotatable bonds is 9. The van der Waals surface area contributed by atoms with Crippen molar-refractivity contribution in [2.45, 2.75) is 4.90 Å². The maximum absolute atomic E-state index is 13.8. The minimum absolute atomic E-state index is 0.0473. The Morgan fingerprint density at radius 3 is 2.19 bits per heavy atom. The van der Waals surface area contributed by atoms with Gasteiger partial charge in [-0.15, -0.1) is 0 Å². The van der Waals surface area contributed by atoms with Crippen LogP contribution >= 0.6 is 0 Å². The fourth-order valence-corrected chi connectivity index (χ4v) is 5.26. The number of carbonyl (C=O) groups is 1. The molecule has 0 atom stereocenters. The average molecular weight is 507 g/mol. The highest BCUT2D eigenvalue weighted by molar-refractivity contribution is 7.92. The molecule has 0 fully saturated rings. The molecule has 4 aromatic carbocycles. The van der Waals surface area contributed by atoms with Crippen molar-refractivity contribution in [3.63, 3.8) is 0 Å². The van der Waals surface area contributed by atoms with Gasteiger partial charge in [0.05, 0.1) is 31.9 Å². The Bertz CT molecular complexity index is 1480. The van der Waals surface area contributed by atoms with Crippen LogP contribution in [0.25, 0.3) is 10.8 Å². The van der Waals surface area contributed by atoms with Crippen LogP contribution in [0.4, 0.5) is 11.4 Å². The number of amides is 1. The molecule has 8 nitrogen and oxygen atoms in total. The zero-order chi connectivity index (χ0) is 25.7. The van der Waals surface area contributed by atoms with Gasteiger partial charge in [0.25, 0.3) is 10.0 Å². The zero-order valence-corrected chi connectivity index (χ0v) is 20.9. The lowest BCUT2D eigenvalue weighted by Crippen LogP contribution is -2.38. The van der Waals surface area contributed by atoms with Gasteiger partial charge >= 0.3 is 0 Å². The van der Waals surface area contributed by atoms with Crippen LogP contribution < -0.4 is 23.8 Å². The van der Waals surface area contributed by atoms with Crippen LogP contribution in [0.15, 0.2) is 89.8 Å². The van der Waals surface area contributed by atoms with E-state index >= 15 is 0 Å². The Labute approximate surface area is 210 Å². The topological polar surface area (TPSA) is 94.2 Å². The number of nitrogens with one attached hydrogen (secondary N) is 1. The number of hydrogen-bond acceptors (Lipinski definition) is 6. The summed E-state index contributed by atoms with van der Waals surface area (Å²) in [5.41, 5.74) is 0.898. The summed E-state index contributed by atoms with van der Waals surface area (Å²) in [6.45, 7) is -0.452. The number of sulfonamides is 1. The smallest absolute Gasteiger partial charge is 0.264 e. The summed E-state index contributed by atoms with van der Waals surface area (Å²) in [5.74, 6) is 0.711. The molecule has 0 unspecified atom stereocenters. The molecule has 36 heavy (non-hydrogen) atoms. The second kappa shape index (κ2) is 10.6. The molecule has 4 aromatic rings. The number of ether oxygens (including phenoxy) is 3. The molecule has 186 valence electrons. The predicted molar refractivity (Wildman–Crippen MR) is 140 cm³/mol. The molecule has 0 bridgehead atoms. The van der Waals surface area contributed by atoms with Gasteiger partial charge in [0, 0.05) is 17.1 Å². The number of benzene rings is 4. The molecule has 0 spiro atoms. The molecule has 0 saturated carbocycles. The van der Waals surface area contributed by atoms with E-state index in [9.17, 15) is 13.2 Å². The van der Waals surface area contributed by atoms with E-state index in [1.165, 1.54) is 39.5 Å². The highest BCUT2D eigenvalue weighted by Crippen LogP contribution is 2.33. The van der Waals surface area contributed by atoms with E-state index in [0.29, 0.717) is 22.9 Å².